The van der Waals surface area contributed by atoms with Crippen LogP contribution in [0.3, 0.4) is 0 Å². The van der Waals surface area contributed by atoms with Crippen molar-refractivity contribution in [3.05, 3.63) is 23.3 Å². The molecule has 2 fully saturated rings. The molecule has 170 valence electrons. The van der Waals surface area contributed by atoms with Gasteiger partial charge in [0, 0.05) is 17.9 Å². The van der Waals surface area contributed by atoms with Gasteiger partial charge in [0.25, 0.3) is 0 Å². The van der Waals surface area contributed by atoms with Gasteiger partial charge in [-0.2, -0.15) is 18.4 Å². The molecule has 11 heteroatoms. The number of halogens is 3. The van der Waals surface area contributed by atoms with Gasteiger partial charge in [-0.25, -0.2) is 8.42 Å². The lowest BCUT2D eigenvalue weighted by Gasteiger charge is -2.37. The normalized spacial score (nSPS) is 27.1. The largest absolute Gasteiger partial charge is 0.417 e. The molecule has 1 aromatic heterocycles. The van der Waals surface area contributed by atoms with Gasteiger partial charge in [0.15, 0.2) is 9.84 Å². The van der Waals surface area contributed by atoms with E-state index in [1.807, 2.05) is 0 Å². The molecular formula is C20H26F3N5O2S. The second-order valence-electron chi connectivity index (χ2n) is 8.96. The third kappa shape index (κ3) is 4.62. The number of hydrogen-bond acceptors (Lipinski definition) is 6. The first-order chi connectivity index (χ1) is 14.5. The number of nitrogens with one attached hydrogen (secondary N) is 1. The molecule has 2 aliphatic carbocycles. The molecule has 0 spiro atoms. The van der Waals surface area contributed by atoms with E-state index in [1.54, 1.807) is 0 Å². The summed E-state index contributed by atoms with van der Waals surface area (Å²) < 4.78 is 66.0. The number of rotatable bonds is 5. The zero-order chi connectivity index (χ0) is 22.4. The lowest BCUT2D eigenvalue weighted by Crippen LogP contribution is -2.37. The Hall–Kier alpha value is -2.01. The van der Waals surface area contributed by atoms with Crippen LogP contribution < -0.4 is 5.73 Å². The molecule has 1 aromatic carbocycles. The minimum Gasteiger partial charge on any atom is -0.328 e. The highest BCUT2D eigenvalue weighted by Crippen LogP contribution is 2.47. The van der Waals surface area contributed by atoms with Gasteiger partial charge in [-0.3, -0.25) is 0 Å². The number of benzene rings is 1. The Morgan fingerprint density at radius 3 is 2.32 bits per heavy atom. The highest BCUT2D eigenvalue weighted by Gasteiger charge is 2.40. The minimum atomic E-state index is -4.82. The van der Waals surface area contributed by atoms with Crippen LogP contribution in [0.1, 0.15) is 62.0 Å². The average Bonchev–Trinajstić information content (AvgIpc) is 3.19. The van der Waals surface area contributed by atoms with Crippen LogP contribution in [-0.2, 0) is 16.0 Å². The highest BCUT2D eigenvalue weighted by atomic mass is 32.2. The molecule has 3 N–H and O–H groups in total. The van der Waals surface area contributed by atoms with Crippen LogP contribution in [0.4, 0.5) is 13.2 Å². The lowest BCUT2D eigenvalue weighted by atomic mass is 9.70. The monoisotopic (exact) mass is 457 g/mol. The van der Waals surface area contributed by atoms with Crippen LogP contribution in [-0.4, -0.2) is 41.3 Å². The fourth-order valence-corrected chi connectivity index (χ4v) is 6.37. The second-order valence-corrected chi connectivity index (χ2v) is 10.9. The smallest absolute Gasteiger partial charge is 0.328 e. The first-order valence-electron chi connectivity index (χ1n) is 10.5. The summed E-state index contributed by atoms with van der Waals surface area (Å²) >= 11 is 0. The molecule has 4 rings (SSSR count). The summed E-state index contributed by atoms with van der Waals surface area (Å²) in [6.07, 6.45) is 2.71. The van der Waals surface area contributed by atoms with Gasteiger partial charge in [0.1, 0.15) is 0 Å². The predicted molar refractivity (Wildman–Crippen MR) is 108 cm³/mol. The molecule has 0 amide bonds. The van der Waals surface area contributed by atoms with Crippen molar-refractivity contribution >= 4 is 9.84 Å². The number of hydrogen-bond donors (Lipinski definition) is 2. The number of H-pyrrole nitrogens is 1. The molecule has 0 unspecified atom stereocenters. The van der Waals surface area contributed by atoms with Gasteiger partial charge >= 0.3 is 6.18 Å². The highest BCUT2D eigenvalue weighted by molar-refractivity contribution is 7.91. The zero-order valence-electron chi connectivity index (χ0n) is 17.2. The SMILES string of the molecule is CS(=O)(=O)c1c(C(F)(F)F)ccc(C2CCC(CC3CC(N)C3)CC2)c1-c1nn[nH]n1. The van der Waals surface area contributed by atoms with E-state index in [0.717, 1.165) is 57.3 Å². The van der Waals surface area contributed by atoms with Gasteiger partial charge in [0.05, 0.1) is 10.5 Å². The van der Waals surface area contributed by atoms with Crippen molar-refractivity contribution in [2.75, 3.05) is 6.26 Å². The first-order valence-corrected chi connectivity index (χ1v) is 12.4. The molecule has 7 nitrogen and oxygen atoms in total. The quantitative estimate of drug-likeness (QED) is 0.708. The number of nitrogens with two attached hydrogens (primary N) is 1. The molecule has 0 aliphatic heterocycles. The average molecular weight is 458 g/mol. The van der Waals surface area contributed by atoms with Gasteiger partial charge in [0.2, 0.25) is 5.82 Å². The van der Waals surface area contributed by atoms with E-state index >= 15 is 0 Å². The number of sulfone groups is 1. The molecule has 0 atom stereocenters. The van der Waals surface area contributed by atoms with Crippen molar-refractivity contribution in [3.63, 3.8) is 0 Å². The third-order valence-electron chi connectivity index (χ3n) is 6.66. The topological polar surface area (TPSA) is 115 Å². The van der Waals surface area contributed by atoms with Crippen molar-refractivity contribution in [1.29, 1.82) is 0 Å². The fourth-order valence-electron chi connectivity index (χ4n) is 5.21. The molecule has 0 bridgehead atoms. The Labute approximate surface area is 178 Å². The number of tetrazole rings is 1. The van der Waals surface area contributed by atoms with E-state index in [4.69, 9.17) is 5.73 Å². The van der Waals surface area contributed by atoms with Crippen molar-refractivity contribution < 1.29 is 21.6 Å². The zero-order valence-corrected chi connectivity index (χ0v) is 18.0. The minimum absolute atomic E-state index is 0.0591. The Morgan fingerprint density at radius 1 is 1.13 bits per heavy atom. The molecule has 2 aromatic rings. The molecular weight excluding hydrogens is 431 g/mol. The molecule has 2 saturated carbocycles. The number of aromatic nitrogens is 4. The molecule has 0 radical (unpaired) electrons. The van der Waals surface area contributed by atoms with E-state index in [-0.39, 0.29) is 17.3 Å². The summed E-state index contributed by atoms with van der Waals surface area (Å²) in [7, 11) is -4.22. The van der Waals surface area contributed by atoms with Crippen molar-refractivity contribution in [2.24, 2.45) is 17.6 Å². The van der Waals surface area contributed by atoms with Gasteiger partial charge in [-0.1, -0.05) is 6.07 Å². The standard InChI is InChI=1S/C20H26F3N5O2S/c1-31(29,30)18-16(20(21,22)23)7-6-15(17(18)19-25-27-28-26-19)13-4-2-11(3-5-13)8-12-9-14(24)10-12/h6-7,11-14H,2-5,8-10,24H2,1H3,(H,25,26,27,28). The lowest BCUT2D eigenvalue weighted by molar-refractivity contribution is -0.139. The van der Waals surface area contributed by atoms with E-state index in [2.05, 4.69) is 20.6 Å². The number of nitrogens with zero attached hydrogens (tertiary/aromatic N) is 3. The van der Waals surface area contributed by atoms with Gasteiger partial charge in [-0.05, 0) is 79.5 Å². The van der Waals surface area contributed by atoms with Crippen LogP contribution in [0.25, 0.3) is 11.4 Å². The Kier molecular flexibility index (Phi) is 5.84. The first kappa shape index (κ1) is 22.2. The third-order valence-corrected chi connectivity index (χ3v) is 7.83. The van der Waals surface area contributed by atoms with Crippen molar-refractivity contribution in [1.82, 2.24) is 20.6 Å². The predicted octanol–water partition coefficient (Wildman–Crippen LogP) is 3.69. The van der Waals surface area contributed by atoms with Gasteiger partial charge < -0.3 is 5.73 Å². The van der Waals surface area contributed by atoms with Crippen LogP contribution >= 0.6 is 0 Å². The summed E-state index contributed by atoms with van der Waals surface area (Å²) in [6, 6.07) is 2.58. The van der Waals surface area contributed by atoms with E-state index < -0.39 is 26.5 Å². The van der Waals surface area contributed by atoms with Crippen molar-refractivity contribution in [3.8, 4) is 11.4 Å². The van der Waals surface area contributed by atoms with Crippen LogP contribution in [0.5, 0.6) is 0 Å². The van der Waals surface area contributed by atoms with Crippen LogP contribution in [0, 0.1) is 11.8 Å². The summed E-state index contributed by atoms with van der Waals surface area (Å²) in [6.45, 7) is 0. The maximum atomic E-state index is 13.7. The van der Waals surface area contributed by atoms with E-state index in [1.165, 1.54) is 6.07 Å². The fraction of sp³-hybridized carbons (Fsp3) is 0.650. The number of alkyl halides is 3. The molecule has 31 heavy (non-hydrogen) atoms. The number of aromatic amines is 1. The molecule has 1 heterocycles. The van der Waals surface area contributed by atoms with Crippen molar-refractivity contribution in [2.45, 2.75) is 68.0 Å². The summed E-state index contributed by atoms with van der Waals surface area (Å²) in [4.78, 5) is -0.774. The Balaban J connectivity index is 1.68. The van der Waals surface area contributed by atoms with Crippen LogP contribution in [0.15, 0.2) is 17.0 Å². The van der Waals surface area contributed by atoms with Crippen LogP contribution in [0.2, 0.25) is 0 Å². The van der Waals surface area contributed by atoms with Gasteiger partial charge in [-0.15, -0.1) is 10.2 Å². The molecule has 0 saturated heterocycles. The maximum Gasteiger partial charge on any atom is 0.417 e. The Morgan fingerprint density at radius 2 is 1.81 bits per heavy atom. The van der Waals surface area contributed by atoms with E-state index in [0.29, 0.717) is 23.4 Å². The van der Waals surface area contributed by atoms with E-state index in [9.17, 15) is 21.6 Å². The maximum absolute atomic E-state index is 13.7. The summed E-state index contributed by atoms with van der Waals surface area (Å²) in [5.41, 5.74) is 5.13. The molecule has 2 aliphatic rings. The second kappa shape index (κ2) is 8.16. The summed E-state index contributed by atoms with van der Waals surface area (Å²) in [5.74, 6) is 1.06. The Bertz CT molecular complexity index is 1030. The summed E-state index contributed by atoms with van der Waals surface area (Å²) in [5, 5.41) is 13.3.